The van der Waals surface area contributed by atoms with Crippen molar-refractivity contribution in [3.63, 3.8) is 0 Å². The molecule has 168 valence electrons. The van der Waals surface area contributed by atoms with Crippen LogP contribution >= 0.6 is 0 Å². The smallest absolute Gasteiger partial charge is 0.0689 e. The third kappa shape index (κ3) is 9.02. The Bertz CT molecular complexity index is 432. The minimum Gasteiger partial charge on any atom is -0.198 e. The zero-order valence-electron chi connectivity index (χ0n) is 20.0. The molecule has 1 heteroatoms. The summed E-state index contributed by atoms with van der Waals surface area (Å²) in [6, 6.07) is 2.80. The second-order valence-electron chi connectivity index (χ2n) is 10.7. The fraction of sp³-hybridized carbons (Fsp3) is 0.964. The molecule has 0 amide bonds. The van der Waals surface area contributed by atoms with Crippen LogP contribution in [0.1, 0.15) is 149 Å². The third-order valence-corrected chi connectivity index (χ3v) is 8.51. The van der Waals surface area contributed by atoms with Crippen LogP contribution in [0.2, 0.25) is 0 Å². The monoisotopic (exact) mass is 401 g/mol. The van der Waals surface area contributed by atoms with Crippen molar-refractivity contribution < 1.29 is 0 Å². The van der Waals surface area contributed by atoms with Gasteiger partial charge in [-0.3, -0.25) is 0 Å². The van der Waals surface area contributed by atoms with Crippen molar-refractivity contribution in [3.05, 3.63) is 0 Å². The van der Waals surface area contributed by atoms with E-state index in [1.165, 1.54) is 135 Å². The fourth-order valence-electron chi connectivity index (χ4n) is 6.31. The number of rotatable bonds is 14. The molecular formula is C28H51N. The van der Waals surface area contributed by atoms with Crippen LogP contribution in [0.15, 0.2) is 0 Å². The molecule has 1 nitrogen and oxygen atoms in total. The number of unbranched alkanes of at least 4 members (excludes halogenated alkanes) is 9. The highest BCUT2D eigenvalue weighted by Crippen LogP contribution is 2.47. The average molecular weight is 402 g/mol. The maximum atomic E-state index is 9.93. The quantitative estimate of drug-likeness (QED) is 0.266. The molecule has 2 aliphatic rings. The maximum Gasteiger partial charge on any atom is 0.0689 e. The largest absolute Gasteiger partial charge is 0.198 e. The second kappa shape index (κ2) is 14.5. The molecule has 0 aromatic carbocycles. The number of nitriles is 1. The van der Waals surface area contributed by atoms with Gasteiger partial charge in [0.2, 0.25) is 0 Å². The van der Waals surface area contributed by atoms with E-state index in [4.69, 9.17) is 0 Å². The highest BCUT2D eigenvalue weighted by Gasteiger charge is 2.38. The SMILES string of the molecule is CCCCCCCCCCC1(C#N)CCC(C2CCC(CCCCC)CC2)CC1. The minimum atomic E-state index is 0.0378. The predicted molar refractivity (Wildman–Crippen MR) is 127 cm³/mol. The van der Waals surface area contributed by atoms with E-state index in [1.807, 2.05) is 0 Å². The molecular weight excluding hydrogens is 350 g/mol. The zero-order valence-corrected chi connectivity index (χ0v) is 20.0. The Morgan fingerprint density at radius 1 is 0.655 bits per heavy atom. The summed E-state index contributed by atoms with van der Waals surface area (Å²) < 4.78 is 0. The first-order valence-electron chi connectivity index (χ1n) is 13.6. The van der Waals surface area contributed by atoms with Crippen molar-refractivity contribution in [1.29, 1.82) is 5.26 Å². The van der Waals surface area contributed by atoms with Gasteiger partial charge < -0.3 is 0 Å². The highest BCUT2D eigenvalue weighted by molar-refractivity contribution is 5.02. The molecule has 0 aromatic heterocycles. The summed E-state index contributed by atoms with van der Waals surface area (Å²) in [6.07, 6.45) is 28.9. The van der Waals surface area contributed by atoms with E-state index in [-0.39, 0.29) is 5.41 Å². The molecule has 0 bridgehead atoms. The average Bonchev–Trinajstić information content (AvgIpc) is 2.77. The van der Waals surface area contributed by atoms with E-state index in [1.54, 1.807) is 0 Å². The molecule has 0 saturated heterocycles. The first-order valence-corrected chi connectivity index (χ1v) is 13.6. The molecule has 0 heterocycles. The molecule has 0 spiro atoms. The van der Waals surface area contributed by atoms with Crippen molar-refractivity contribution in [3.8, 4) is 6.07 Å². The Labute approximate surface area is 183 Å². The molecule has 0 N–H and O–H groups in total. The molecule has 2 aliphatic carbocycles. The van der Waals surface area contributed by atoms with Crippen LogP contribution in [0.25, 0.3) is 0 Å². The van der Waals surface area contributed by atoms with Crippen LogP contribution in [-0.4, -0.2) is 0 Å². The lowest BCUT2D eigenvalue weighted by molar-refractivity contribution is 0.114. The first-order chi connectivity index (χ1) is 14.2. The van der Waals surface area contributed by atoms with Crippen LogP contribution in [0.4, 0.5) is 0 Å². The van der Waals surface area contributed by atoms with Gasteiger partial charge in [0.05, 0.1) is 11.5 Å². The molecule has 0 atom stereocenters. The molecule has 2 fully saturated rings. The van der Waals surface area contributed by atoms with Crippen molar-refractivity contribution in [2.45, 2.75) is 149 Å². The van der Waals surface area contributed by atoms with Crippen LogP contribution in [-0.2, 0) is 0 Å². The van der Waals surface area contributed by atoms with Crippen molar-refractivity contribution in [2.24, 2.45) is 23.2 Å². The summed E-state index contributed by atoms with van der Waals surface area (Å²) >= 11 is 0. The maximum absolute atomic E-state index is 9.93. The summed E-state index contributed by atoms with van der Waals surface area (Å²) in [5, 5.41) is 9.93. The summed E-state index contributed by atoms with van der Waals surface area (Å²) in [5.74, 6) is 2.95. The minimum absolute atomic E-state index is 0.0378. The van der Waals surface area contributed by atoms with Gasteiger partial charge in [-0.25, -0.2) is 0 Å². The molecule has 29 heavy (non-hydrogen) atoms. The number of hydrogen-bond acceptors (Lipinski definition) is 1. The third-order valence-electron chi connectivity index (χ3n) is 8.51. The van der Waals surface area contributed by atoms with Gasteiger partial charge in [0.15, 0.2) is 0 Å². The van der Waals surface area contributed by atoms with Gasteiger partial charge in [-0.15, -0.1) is 0 Å². The summed E-state index contributed by atoms with van der Waals surface area (Å²) in [4.78, 5) is 0. The van der Waals surface area contributed by atoms with Gasteiger partial charge in [-0.1, -0.05) is 104 Å². The van der Waals surface area contributed by atoms with Gasteiger partial charge in [0, 0.05) is 0 Å². The van der Waals surface area contributed by atoms with E-state index >= 15 is 0 Å². The normalized spacial score (nSPS) is 30.2. The van der Waals surface area contributed by atoms with E-state index < -0.39 is 0 Å². The van der Waals surface area contributed by atoms with Crippen LogP contribution in [0.5, 0.6) is 0 Å². The van der Waals surface area contributed by atoms with Gasteiger partial charge in [0.25, 0.3) is 0 Å². The number of hydrogen-bond donors (Lipinski definition) is 0. The fourth-order valence-corrected chi connectivity index (χ4v) is 6.31. The summed E-state index contributed by atoms with van der Waals surface area (Å²) in [7, 11) is 0. The molecule has 2 rings (SSSR count). The van der Waals surface area contributed by atoms with Crippen LogP contribution in [0.3, 0.4) is 0 Å². The Morgan fingerprint density at radius 3 is 1.76 bits per heavy atom. The van der Waals surface area contributed by atoms with E-state index in [0.29, 0.717) is 0 Å². The van der Waals surface area contributed by atoms with Gasteiger partial charge in [0.1, 0.15) is 0 Å². The van der Waals surface area contributed by atoms with E-state index in [2.05, 4.69) is 19.9 Å². The second-order valence-corrected chi connectivity index (χ2v) is 10.7. The van der Waals surface area contributed by atoms with E-state index in [0.717, 1.165) is 17.8 Å². The van der Waals surface area contributed by atoms with Crippen LogP contribution < -0.4 is 0 Å². The Morgan fingerprint density at radius 2 is 1.17 bits per heavy atom. The Hall–Kier alpha value is -0.510. The lowest BCUT2D eigenvalue weighted by Gasteiger charge is -2.41. The van der Waals surface area contributed by atoms with E-state index in [9.17, 15) is 5.26 Å². The Kier molecular flexibility index (Phi) is 12.4. The van der Waals surface area contributed by atoms with Gasteiger partial charge in [-0.2, -0.15) is 5.26 Å². The summed E-state index contributed by atoms with van der Waals surface area (Å²) in [6.45, 7) is 4.60. The number of nitrogens with zero attached hydrogens (tertiary/aromatic N) is 1. The van der Waals surface area contributed by atoms with Crippen molar-refractivity contribution in [2.75, 3.05) is 0 Å². The molecule has 0 aliphatic heterocycles. The van der Waals surface area contributed by atoms with Gasteiger partial charge in [-0.05, 0) is 62.7 Å². The van der Waals surface area contributed by atoms with Crippen molar-refractivity contribution in [1.82, 2.24) is 0 Å². The van der Waals surface area contributed by atoms with Crippen LogP contribution in [0, 0.1) is 34.5 Å². The molecule has 2 saturated carbocycles. The Balaban J connectivity index is 1.59. The lowest BCUT2D eigenvalue weighted by atomic mass is 9.63. The highest BCUT2D eigenvalue weighted by atomic mass is 14.4. The predicted octanol–water partition coefficient (Wildman–Crippen LogP) is 9.60. The standard InChI is InChI=1S/C28H51N/c1-3-5-7-8-9-10-11-13-21-28(24-29)22-19-27(20-23-28)26-17-15-25(16-18-26)14-12-6-4-2/h25-27H,3-23H2,1-2H3. The first kappa shape index (κ1) is 24.8. The topological polar surface area (TPSA) is 23.8 Å². The molecule has 0 unspecified atom stereocenters. The summed E-state index contributed by atoms with van der Waals surface area (Å²) in [5.41, 5.74) is 0.0378. The van der Waals surface area contributed by atoms with Crippen molar-refractivity contribution >= 4 is 0 Å². The lowest BCUT2D eigenvalue weighted by Crippen LogP contribution is -2.31. The molecule has 0 aromatic rings. The van der Waals surface area contributed by atoms with Gasteiger partial charge >= 0.3 is 0 Å². The zero-order chi connectivity index (χ0) is 20.8. The molecule has 0 radical (unpaired) electrons.